The number of carbonyl (C=O) groups excluding carboxylic acids is 1. The summed E-state index contributed by atoms with van der Waals surface area (Å²) in [6.45, 7) is 4.49. The number of aromatic nitrogens is 2. The highest BCUT2D eigenvalue weighted by Gasteiger charge is 2.18. The summed E-state index contributed by atoms with van der Waals surface area (Å²) in [5.74, 6) is -0.00539. The highest BCUT2D eigenvalue weighted by Crippen LogP contribution is 2.21. The van der Waals surface area contributed by atoms with Crippen molar-refractivity contribution in [3.63, 3.8) is 0 Å². The molecule has 0 saturated carbocycles. The Kier molecular flexibility index (Phi) is 4.42. The van der Waals surface area contributed by atoms with E-state index in [0.717, 1.165) is 23.0 Å². The van der Waals surface area contributed by atoms with Crippen LogP contribution in [0.2, 0.25) is 0 Å². The number of fused-ring (bicyclic) bond motifs is 1. The second kappa shape index (κ2) is 6.65. The smallest absolute Gasteiger partial charge is 0.244 e. The van der Waals surface area contributed by atoms with E-state index in [0.29, 0.717) is 6.54 Å². The lowest BCUT2D eigenvalue weighted by molar-refractivity contribution is -0.124. The molecule has 1 amide bonds. The fourth-order valence-corrected chi connectivity index (χ4v) is 2.78. The first-order valence-electron chi connectivity index (χ1n) is 7.92. The molecule has 0 unspecified atom stereocenters. The van der Waals surface area contributed by atoms with Gasteiger partial charge in [-0.05, 0) is 31.9 Å². The van der Waals surface area contributed by atoms with Gasteiger partial charge in [-0.15, -0.1) is 0 Å². The second-order valence-electron chi connectivity index (χ2n) is 5.75. The molecule has 1 heterocycles. The Morgan fingerprint density at radius 2 is 1.83 bits per heavy atom. The van der Waals surface area contributed by atoms with Gasteiger partial charge in [-0.25, -0.2) is 0 Å². The molecule has 0 aliphatic carbocycles. The molecule has 4 heteroatoms. The topological polar surface area (TPSA) is 46.9 Å². The molecule has 0 aliphatic rings. The van der Waals surface area contributed by atoms with Gasteiger partial charge in [-0.2, -0.15) is 5.10 Å². The van der Waals surface area contributed by atoms with E-state index >= 15 is 0 Å². The number of nitrogens with zero attached hydrogens (tertiary/aromatic N) is 2. The molecule has 0 fully saturated rings. The van der Waals surface area contributed by atoms with Crippen molar-refractivity contribution in [3.05, 3.63) is 65.9 Å². The number of hydrogen-bond donors (Lipinski definition) is 1. The lowest BCUT2D eigenvalue weighted by atomic mass is 10.1. The van der Waals surface area contributed by atoms with Crippen LogP contribution < -0.4 is 5.32 Å². The summed E-state index contributed by atoms with van der Waals surface area (Å²) in [5, 5.41) is 8.63. The zero-order valence-electron chi connectivity index (χ0n) is 13.5. The molecule has 2 aromatic carbocycles. The number of aryl methyl sites for hydroxylation is 1. The van der Waals surface area contributed by atoms with Crippen LogP contribution in [0.15, 0.2) is 54.6 Å². The summed E-state index contributed by atoms with van der Waals surface area (Å²) >= 11 is 0. The maximum absolute atomic E-state index is 12.4. The van der Waals surface area contributed by atoms with Crippen molar-refractivity contribution in [2.75, 3.05) is 6.54 Å². The fraction of sp³-hybridized carbons (Fsp3) is 0.263. The van der Waals surface area contributed by atoms with Crippen molar-refractivity contribution in [2.24, 2.45) is 0 Å². The minimum absolute atomic E-state index is 0.00539. The number of nitrogens with one attached hydrogen (secondary N) is 1. The third-order valence-corrected chi connectivity index (χ3v) is 4.10. The van der Waals surface area contributed by atoms with Gasteiger partial charge in [0.05, 0.1) is 11.2 Å². The summed E-state index contributed by atoms with van der Waals surface area (Å²) in [7, 11) is 0. The van der Waals surface area contributed by atoms with Gasteiger partial charge >= 0.3 is 0 Å². The number of benzene rings is 2. The summed E-state index contributed by atoms with van der Waals surface area (Å²) in [4.78, 5) is 12.4. The quantitative estimate of drug-likeness (QED) is 0.786. The van der Waals surface area contributed by atoms with E-state index in [-0.39, 0.29) is 11.9 Å². The summed E-state index contributed by atoms with van der Waals surface area (Å²) in [6, 6.07) is 17.8. The molecule has 23 heavy (non-hydrogen) atoms. The van der Waals surface area contributed by atoms with E-state index in [1.165, 1.54) is 5.56 Å². The lowest BCUT2D eigenvalue weighted by Gasteiger charge is -2.14. The Hall–Kier alpha value is -2.62. The first-order chi connectivity index (χ1) is 11.2. The molecule has 1 atom stereocenters. The van der Waals surface area contributed by atoms with Crippen molar-refractivity contribution < 1.29 is 4.79 Å². The van der Waals surface area contributed by atoms with Crippen molar-refractivity contribution in [1.82, 2.24) is 15.1 Å². The van der Waals surface area contributed by atoms with E-state index in [4.69, 9.17) is 0 Å². The molecule has 1 aromatic heterocycles. The number of para-hydroxylation sites is 1. The largest absolute Gasteiger partial charge is 0.354 e. The molecule has 1 N–H and O–H groups in total. The molecule has 0 saturated heterocycles. The first-order valence-corrected chi connectivity index (χ1v) is 7.92. The Morgan fingerprint density at radius 3 is 2.61 bits per heavy atom. The van der Waals surface area contributed by atoms with Crippen LogP contribution in [0.1, 0.15) is 24.2 Å². The molecule has 0 bridgehead atoms. The minimum Gasteiger partial charge on any atom is -0.354 e. The van der Waals surface area contributed by atoms with Crippen molar-refractivity contribution in [2.45, 2.75) is 26.3 Å². The van der Waals surface area contributed by atoms with Crippen LogP contribution in [-0.4, -0.2) is 22.2 Å². The van der Waals surface area contributed by atoms with Crippen LogP contribution >= 0.6 is 0 Å². The molecule has 3 aromatic rings. The summed E-state index contributed by atoms with van der Waals surface area (Å²) in [5.41, 5.74) is 3.17. The minimum atomic E-state index is -0.329. The monoisotopic (exact) mass is 307 g/mol. The molecule has 0 radical (unpaired) electrons. The van der Waals surface area contributed by atoms with E-state index in [2.05, 4.69) is 22.5 Å². The van der Waals surface area contributed by atoms with Crippen molar-refractivity contribution in [1.29, 1.82) is 0 Å². The number of hydrogen-bond acceptors (Lipinski definition) is 2. The van der Waals surface area contributed by atoms with Crippen LogP contribution in [-0.2, 0) is 11.2 Å². The number of carbonyl (C=O) groups is 1. The lowest BCUT2D eigenvalue weighted by Crippen LogP contribution is -2.32. The standard InChI is InChI=1S/C19H21N3O/c1-14-17-10-6-7-11-18(17)22(21-14)15(2)19(23)20-13-12-16-8-4-3-5-9-16/h3-11,15H,12-13H2,1-2H3,(H,20,23)/t15-/m0/s1. The predicted molar refractivity (Wildman–Crippen MR) is 92.3 cm³/mol. The van der Waals surface area contributed by atoms with Crippen LogP contribution in [0.25, 0.3) is 10.9 Å². The van der Waals surface area contributed by atoms with E-state index < -0.39 is 0 Å². The Morgan fingerprint density at radius 1 is 1.13 bits per heavy atom. The predicted octanol–water partition coefficient (Wildman–Crippen LogP) is 3.26. The highest BCUT2D eigenvalue weighted by atomic mass is 16.2. The zero-order chi connectivity index (χ0) is 16.2. The van der Waals surface area contributed by atoms with Crippen LogP contribution in [0.4, 0.5) is 0 Å². The maximum atomic E-state index is 12.4. The third-order valence-electron chi connectivity index (χ3n) is 4.10. The normalized spacial score (nSPS) is 12.3. The average molecular weight is 307 g/mol. The van der Waals surface area contributed by atoms with Gasteiger partial charge in [-0.3, -0.25) is 9.48 Å². The van der Waals surface area contributed by atoms with Gasteiger partial charge in [0.2, 0.25) is 5.91 Å². The molecule has 0 aliphatic heterocycles. The van der Waals surface area contributed by atoms with Gasteiger partial charge in [0, 0.05) is 11.9 Å². The number of amides is 1. The Balaban J connectivity index is 1.67. The van der Waals surface area contributed by atoms with Crippen LogP contribution in [0, 0.1) is 6.92 Å². The summed E-state index contributed by atoms with van der Waals surface area (Å²) in [6.07, 6.45) is 0.832. The van der Waals surface area contributed by atoms with Gasteiger partial charge in [0.15, 0.2) is 0 Å². The third kappa shape index (κ3) is 3.26. The zero-order valence-corrected chi connectivity index (χ0v) is 13.5. The van der Waals surface area contributed by atoms with Gasteiger partial charge in [0.1, 0.15) is 6.04 Å². The average Bonchev–Trinajstić information content (AvgIpc) is 2.92. The van der Waals surface area contributed by atoms with Crippen molar-refractivity contribution >= 4 is 16.8 Å². The maximum Gasteiger partial charge on any atom is 0.244 e. The molecule has 0 spiro atoms. The van der Waals surface area contributed by atoms with Gasteiger partial charge < -0.3 is 5.32 Å². The number of rotatable bonds is 5. The molecular formula is C19H21N3O. The Labute approximate surface area is 136 Å². The van der Waals surface area contributed by atoms with Gasteiger partial charge in [0.25, 0.3) is 0 Å². The van der Waals surface area contributed by atoms with E-state index in [9.17, 15) is 4.79 Å². The Bertz CT molecular complexity index is 808. The van der Waals surface area contributed by atoms with E-state index in [1.807, 2.05) is 61.0 Å². The molecule has 118 valence electrons. The molecular weight excluding hydrogens is 286 g/mol. The molecule has 3 rings (SSSR count). The first kappa shape index (κ1) is 15.3. The summed E-state index contributed by atoms with van der Waals surface area (Å²) < 4.78 is 1.81. The fourth-order valence-electron chi connectivity index (χ4n) is 2.78. The SMILES string of the molecule is Cc1nn([C@@H](C)C(=O)NCCc2ccccc2)c2ccccc12. The van der Waals surface area contributed by atoms with E-state index in [1.54, 1.807) is 0 Å². The van der Waals surface area contributed by atoms with Crippen LogP contribution in [0.5, 0.6) is 0 Å². The van der Waals surface area contributed by atoms with Crippen molar-refractivity contribution in [3.8, 4) is 0 Å². The highest BCUT2D eigenvalue weighted by molar-refractivity contribution is 5.86. The molecule has 4 nitrogen and oxygen atoms in total. The van der Waals surface area contributed by atoms with Crippen LogP contribution in [0.3, 0.4) is 0 Å². The van der Waals surface area contributed by atoms with Gasteiger partial charge in [-0.1, -0.05) is 48.5 Å². The second-order valence-corrected chi connectivity index (χ2v) is 5.75.